The second kappa shape index (κ2) is 8.19. The first-order valence-corrected chi connectivity index (χ1v) is 5.77. The lowest BCUT2D eigenvalue weighted by molar-refractivity contribution is 0.725. The first kappa shape index (κ1) is 13.1. The summed E-state index contributed by atoms with van der Waals surface area (Å²) in [5.41, 5.74) is 8.82. The third-order valence-corrected chi connectivity index (χ3v) is 2.23. The molecule has 17 heavy (non-hydrogen) atoms. The summed E-state index contributed by atoms with van der Waals surface area (Å²) in [5.74, 6) is 0. The van der Waals surface area contributed by atoms with Gasteiger partial charge in [0.15, 0.2) is 0 Å². The van der Waals surface area contributed by atoms with Crippen LogP contribution in [0.25, 0.3) is 16.1 Å². The molecule has 2 aromatic rings. The molecular formula is C12H17N5. The van der Waals surface area contributed by atoms with Crippen LogP contribution < -0.4 is 0 Å². The number of aromatic nitrogens is 2. The fourth-order valence-electron chi connectivity index (χ4n) is 1.34. The minimum absolute atomic E-state index is 0.657. The van der Waals surface area contributed by atoms with Gasteiger partial charge in [0.1, 0.15) is 5.65 Å². The minimum atomic E-state index is 0.657. The van der Waals surface area contributed by atoms with E-state index >= 15 is 0 Å². The Morgan fingerprint density at radius 3 is 2.94 bits per heavy atom. The van der Waals surface area contributed by atoms with Gasteiger partial charge in [-0.05, 0) is 24.1 Å². The van der Waals surface area contributed by atoms with Gasteiger partial charge in [-0.3, -0.25) is 0 Å². The van der Waals surface area contributed by atoms with Crippen molar-refractivity contribution in [2.45, 2.75) is 26.2 Å². The monoisotopic (exact) mass is 231 g/mol. The highest BCUT2D eigenvalue weighted by Gasteiger charge is 1.85. The lowest BCUT2D eigenvalue weighted by Gasteiger charge is -1.86. The molecule has 0 bridgehead atoms. The summed E-state index contributed by atoms with van der Waals surface area (Å²) < 4.78 is 1.97. The van der Waals surface area contributed by atoms with E-state index < -0.39 is 0 Å². The van der Waals surface area contributed by atoms with Crippen molar-refractivity contribution in [1.82, 2.24) is 9.38 Å². The van der Waals surface area contributed by atoms with Crippen LogP contribution in [0.1, 0.15) is 26.2 Å². The van der Waals surface area contributed by atoms with Gasteiger partial charge in [-0.15, -0.1) is 0 Å². The molecule has 2 rings (SSSR count). The van der Waals surface area contributed by atoms with Gasteiger partial charge < -0.3 is 4.40 Å². The van der Waals surface area contributed by atoms with Gasteiger partial charge in [0, 0.05) is 30.0 Å². The normalized spacial score (nSPS) is 9.24. The largest absolute Gasteiger partial charge is 0.307 e. The van der Waals surface area contributed by atoms with Crippen LogP contribution in [0.3, 0.4) is 0 Å². The molecule has 0 atom stereocenters. The molecule has 0 aromatic carbocycles. The molecule has 2 heterocycles. The Labute approximate surface area is 101 Å². The Morgan fingerprint density at radius 2 is 2.24 bits per heavy atom. The highest BCUT2D eigenvalue weighted by Crippen LogP contribution is 1.96. The third kappa shape index (κ3) is 5.04. The highest BCUT2D eigenvalue weighted by atomic mass is 15.1. The van der Waals surface area contributed by atoms with Gasteiger partial charge in [0.2, 0.25) is 0 Å². The van der Waals surface area contributed by atoms with Crippen LogP contribution in [0.4, 0.5) is 0 Å². The summed E-state index contributed by atoms with van der Waals surface area (Å²) in [7, 11) is 0. The third-order valence-electron chi connectivity index (χ3n) is 2.23. The molecule has 5 heteroatoms. The SMILES string of the molecule is CCCCCN=[N+]=[N-].c1ccn2ccnc2c1. The highest BCUT2D eigenvalue weighted by molar-refractivity contribution is 5.36. The molecular weight excluding hydrogens is 214 g/mol. The Morgan fingerprint density at radius 1 is 1.35 bits per heavy atom. The minimum Gasteiger partial charge on any atom is -0.307 e. The molecule has 0 aliphatic heterocycles. The summed E-state index contributed by atoms with van der Waals surface area (Å²) in [6.07, 6.45) is 9.06. The molecule has 0 fully saturated rings. The number of pyridine rings is 1. The zero-order valence-corrected chi connectivity index (χ0v) is 10.0. The Kier molecular flexibility index (Phi) is 6.29. The molecule has 0 saturated carbocycles. The van der Waals surface area contributed by atoms with Gasteiger partial charge in [-0.2, -0.15) is 0 Å². The summed E-state index contributed by atoms with van der Waals surface area (Å²) in [4.78, 5) is 6.71. The van der Waals surface area contributed by atoms with Crippen molar-refractivity contribution >= 4 is 5.65 Å². The van der Waals surface area contributed by atoms with Crippen molar-refractivity contribution in [3.8, 4) is 0 Å². The van der Waals surface area contributed by atoms with E-state index in [9.17, 15) is 0 Å². The molecule has 0 saturated heterocycles. The molecule has 90 valence electrons. The van der Waals surface area contributed by atoms with Crippen LogP contribution in [-0.4, -0.2) is 15.9 Å². The van der Waals surface area contributed by atoms with Gasteiger partial charge in [0.05, 0.1) is 0 Å². The number of azide groups is 1. The average molecular weight is 231 g/mol. The van der Waals surface area contributed by atoms with Crippen molar-refractivity contribution in [1.29, 1.82) is 0 Å². The molecule has 2 aromatic heterocycles. The number of hydrogen-bond acceptors (Lipinski definition) is 2. The van der Waals surface area contributed by atoms with E-state index in [1.54, 1.807) is 6.20 Å². The summed E-state index contributed by atoms with van der Waals surface area (Å²) in [5, 5.41) is 3.39. The molecule has 5 nitrogen and oxygen atoms in total. The Balaban J connectivity index is 0.000000172. The van der Waals surface area contributed by atoms with Crippen LogP contribution in [-0.2, 0) is 0 Å². The van der Waals surface area contributed by atoms with Crippen LogP contribution >= 0.6 is 0 Å². The topological polar surface area (TPSA) is 66.1 Å². The van der Waals surface area contributed by atoms with E-state index in [2.05, 4.69) is 21.9 Å². The van der Waals surface area contributed by atoms with E-state index in [-0.39, 0.29) is 0 Å². The average Bonchev–Trinajstić information content (AvgIpc) is 2.84. The molecule has 0 spiro atoms. The predicted molar refractivity (Wildman–Crippen MR) is 68.7 cm³/mol. The molecule has 0 aliphatic rings. The van der Waals surface area contributed by atoms with Gasteiger partial charge in [-0.25, -0.2) is 4.98 Å². The zero-order chi connectivity index (χ0) is 12.3. The number of nitrogens with zero attached hydrogens (tertiary/aromatic N) is 5. The van der Waals surface area contributed by atoms with Crippen LogP contribution in [0.5, 0.6) is 0 Å². The lowest BCUT2D eigenvalue weighted by Crippen LogP contribution is -1.77. The molecule has 0 N–H and O–H groups in total. The second-order valence-corrected chi connectivity index (χ2v) is 3.55. The molecule has 0 radical (unpaired) electrons. The molecule has 0 unspecified atom stereocenters. The summed E-state index contributed by atoms with van der Waals surface area (Å²) >= 11 is 0. The Bertz CT molecular complexity index is 440. The maximum atomic E-state index is 7.82. The van der Waals surface area contributed by atoms with Gasteiger partial charge in [0.25, 0.3) is 0 Å². The van der Waals surface area contributed by atoms with E-state index in [1.165, 1.54) is 12.8 Å². The van der Waals surface area contributed by atoms with E-state index in [0.717, 1.165) is 12.1 Å². The predicted octanol–water partition coefficient (Wildman–Crippen LogP) is 3.82. The zero-order valence-electron chi connectivity index (χ0n) is 10.0. The number of rotatable bonds is 4. The number of imidazole rings is 1. The van der Waals surface area contributed by atoms with Crippen molar-refractivity contribution < 1.29 is 0 Å². The van der Waals surface area contributed by atoms with E-state index in [1.807, 2.05) is 35.0 Å². The first-order valence-electron chi connectivity index (χ1n) is 5.77. The van der Waals surface area contributed by atoms with Crippen LogP contribution in [0.15, 0.2) is 41.9 Å². The first-order chi connectivity index (χ1) is 8.38. The number of hydrogen-bond donors (Lipinski definition) is 0. The summed E-state index contributed by atoms with van der Waals surface area (Å²) in [6.45, 7) is 2.78. The van der Waals surface area contributed by atoms with Crippen molar-refractivity contribution in [2.75, 3.05) is 6.54 Å². The van der Waals surface area contributed by atoms with Crippen molar-refractivity contribution in [3.63, 3.8) is 0 Å². The number of unbranched alkanes of at least 4 members (excludes halogenated alkanes) is 2. The van der Waals surface area contributed by atoms with Crippen molar-refractivity contribution in [3.05, 3.63) is 47.2 Å². The number of fused-ring (bicyclic) bond motifs is 1. The maximum Gasteiger partial charge on any atom is 0.136 e. The van der Waals surface area contributed by atoms with Gasteiger partial charge in [-0.1, -0.05) is 30.9 Å². The fraction of sp³-hybridized carbons (Fsp3) is 0.417. The van der Waals surface area contributed by atoms with Crippen molar-refractivity contribution in [2.24, 2.45) is 5.11 Å². The quantitative estimate of drug-likeness (QED) is 0.341. The molecule has 0 amide bonds. The fourth-order valence-corrected chi connectivity index (χ4v) is 1.34. The van der Waals surface area contributed by atoms with E-state index in [4.69, 9.17) is 5.53 Å². The Hall–Kier alpha value is -2.00. The van der Waals surface area contributed by atoms with Gasteiger partial charge >= 0.3 is 0 Å². The van der Waals surface area contributed by atoms with Crippen LogP contribution in [0, 0.1) is 0 Å². The summed E-state index contributed by atoms with van der Waals surface area (Å²) in [6, 6.07) is 5.93. The lowest BCUT2D eigenvalue weighted by atomic mass is 10.3. The smallest absolute Gasteiger partial charge is 0.136 e. The standard InChI is InChI=1S/C7H6N2.C5H11N3/c1-2-5-9-6-4-8-7(9)3-1;1-2-3-4-5-7-8-6/h1-6H;2-5H2,1H3. The second-order valence-electron chi connectivity index (χ2n) is 3.55. The maximum absolute atomic E-state index is 7.82. The molecule has 0 aliphatic carbocycles. The van der Waals surface area contributed by atoms with E-state index in [0.29, 0.717) is 6.54 Å². The van der Waals surface area contributed by atoms with Crippen LogP contribution in [0.2, 0.25) is 0 Å².